The van der Waals surface area contributed by atoms with Crippen molar-refractivity contribution in [2.24, 2.45) is 5.92 Å². The first-order chi connectivity index (χ1) is 9.33. The summed E-state index contributed by atoms with van der Waals surface area (Å²) in [7, 11) is 0. The number of carbonyl (C=O) groups is 1. The number of thiazole rings is 1. The van der Waals surface area contributed by atoms with E-state index >= 15 is 0 Å². The first-order valence-corrected chi connectivity index (χ1v) is 7.77. The fraction of sp³-hybridized carbons (Fsp3) is 0.467. The summed E-state index contributed by atoms with van der Waals surface area (Å²) in [5, 5.41) is 4.19. The van der Waals surface area contributed by atoms with Crippen LogP contribution in [0.5, 0.6) is 0 Å². The van der Waals surface area contributed by atoms with Crippen LogP contribution in [-0.2, 0) is 11.2 Å². The minimum Gasteiger partial charge on any atom is -0.356 e. The van der Waals surface area contributed by atoms with Crippen LogP contribution in [0.15, 0.2) is 24.3 Å². The number of aryl methyl sites for hydroxylation is 1. The van der Waals surface area contributed by atoms with Gasteiger partial charge in [0.1, 0.15) is 0 Å². The summed E-state index contributed by atoms with van der Waals surface area (Å²) in [5.74, 6) is 0.540. The molecule has 1 aliphatic carbocycles. The molecular weight excluding hydrogens is 256 g/mol. The molecule has 0 atom stereocenters. The Bertz CT molecular complexity index is 541. The van der Waals surface area contributed by atoms with Gasteiger partial charge in [-0.05, 0) is 31.4 Å². The Morgan fingerprint density at radius 2 is 2.21 bits per heavy atom. The predicted octanol–water partition coefficient (Wildman–Crippen LogP) is 3.15. The van der Waals surface area contributed by atoms with Gasteiger partial charge >= 0.3 is 0 Å². The maximum absolute atomic E-state index is 11.7. The molecule has 3 nitrogen and oxygen atoms in total. The molecule has 0 radical (unpaired) electrons. The van der Waals surface area contributed by atoms with Gasteiger partial charge in [0.25, 0.3) is 0 Å². The topological polar surface area (TPSA) is 42.0 Å². The first kappa shape index (κ1) is 12.6. The molecule has 0 saturated heterocycles. The van der Waals surface area contributed by atoms with Gasteiger partial charge < -0.3 is 5.32 Å². The lowest BCUT2D eigenvalue weighted by Gasteiger charge is -2.23. The van der Waals surface area contributed by atoms with Crippen molar-refractivity contribution in [2.75, 3.05) is 6.54 Å². The second-order valence-corrected chi connectivity index (χ2v) is 6.21. The third-order valence-corrected chi connectivity index (χ3v) is 4.78. The van der Waals surface area contributed by atoms with Crippen LogP contribution in [0.3, 0.4) is 0 Å². The van der Waals surface area contributed by atoms with Crippen molar-refractivity contribution in [2.45, 2.75) is 32.1 Å². The number of nitrogens with one attached hydrogen (secondary N) is 1. The van der Waals surface area contributed by atoms with Crippen LogP contribution in [0.25, 0.3) is 10.2 Å². The average molecular weight is 274 g/mol. The molecule has 1 heterocycles. The van der Waals surface area contributed by atoms with Crippen molar-refractivity contribution < 1.29 is 4.79 Å². The fourth-order valence-corrected chi connectivity index (χ4v) is 3.30. The van der Waals surface area contributed by atoms with Crippen LogP contribution in [-0.4, -0.2) is 17.4 Å². The molecule has 1 amide bonds. The van der Waals surface area contributed by atoms with Crippen LogP contribution in [0.2, 0.25) is 0 Å². The quantitative estimate of drug-likeness (QED) is 0.851. The van der Waals surface area contributed by atoms with Crippen molar-refractivity contribution >= 4 is 27.5 Å². The highest BCUT2D eigenvalue weighted by atomic mass is 32.1. The van der Waals surface area contributed by atoms with Gasteiger partial charge in [-0.1, -0.05) is 18.6 Å². The first-order valence-electron chi connectivity index (χ1n) is 6.95. The van der Waals surface area contributed by atoms with E-state index in [0.717, 1.165) is 37.7 Å². The number of aromatic nitrogens is 1. The highest BCUT2D eigenvalue weighted by molar-refractivity contribution is 7.18. The van der Waals surface area contributed by atoms with Crippen molar-refractivity contribution in [3.8, 4) is 0 Å². The lowest BCUT2D eigenvalue weighted by Crippen LogP contribution is -2.35. The molecule has 0 aliphatic heterocycles. The van der Waals surface area contributed by atoms with Crippen LogP contribution < -0.4 is 5.32 Å². The van der Waals surface area contributed by atoms with Gasteiger partial charge in [-0.3, -0.25) is 4.79 Å². The van der Waals surface area contributed by atoms with Gasteiger partial charge in [0.2, 0.25) is 5.91 Å². The van der Waals surface area contributed by atoms with E-state index in [2.05, 4.69) is 16.4 Å². The predicted molar refractivity (Wildman–Crippen MR) is 78.3 cm³/mol. The minimum atomic E-state index is 0.246. The largest absolute Gasteiger partial charge is 0.356 e. The van der Waals surface area contributed by atoms with Gasteiger partial charge in [0.05, 0.1) is 15.2 Å². The Morgan fingerprint density at radius 1 is 1.37 bits per heavy atom. The molecule has 0 unspecified atom stereocenters. The lowest BCUT2D eigenvalue weighted by molar-refractivity contribution is -0.127. The van der Waals surface area contributed by atoms with Crippen molar-refractivity contribution in [3.63, 3.8) is 0 Å². The van der Waals surface area contributed by atoms with E-state index in [-0.39, 0.29) is 5.91 Å². The Morgan fingerprint density at radius 3 is 2.95 bits per heavy atom. The molecule has 100 valence electrons. The van der Waals surface area contributed by atoms with Gasteiger partial charge in [0, 0.05) is 18.9 Å². The van der Waals surface area contributed by atoms with Crippen LogP contribution >= 0.6 is 11.3 Å². The molecule has 2 aromatic rings. The van der Waals surface area contributed by atoms with Gasteiger partial charge in [-0.2, -0.15) is 0 Å². The van der Waals surface area contributed by atoms with E-state index in [0.29, 0.717) is 5.92 Å². The second kappa shape index (κ2) is 5.70. The van der Waals surface area contributed by atoms with Crippen LogP contribution in [0.1, 0.15) is 30.7 Å². The summed E-state index contributed by atoms with van der Waals surface area (Å²) in [5.41, 5.74) is 1.08. The van der Waals surface area contributed by atoms with E-state index in [4.69, 9.17) is 0 Å². The summed E-state index contributed by atoms with van der Waals surface area (Å²) in [6.07, 6.45) is 5.28. The van der Waals surface area contributed by atoms with Crippen molar-refractivity contribution in [1.29, 1.82) is 0 Å². The lowest BCUT2D eigenvalue weighted by atomic mass is 9.85. The Kier molecular flexibility index (Phi) is 3.78. The van der Waals surface area contributed by atoms with Gasteiger partial charge in [-0.25, -0.2) is 4.98 Å². The highest BCUT2D eigenvalue weighted by Crippen LogP contribution is 2.26. The van der Waals surface area contributed by atoms with Crippen molar-refractivity contribution in [1.82, 2.24) is 10.3 Å². The zero-order valence-corrected chi connectivity index (χ0v) is 11.7. The molecule has 1 fully saturated rings. The molecule has 1 N–H and O–H groups in total. The Hall–Kier alpha value is -1.42. The Labute approximate surface area is 117 Å². The number of benzene rings is 1. The molecular formula is C15H18N2OS. The number of amides is 1. The number of fused-ring (bicyclic) bond motifs is 1. The van der Waals surface area contributed by atoms with Gasteiger partial charge in [0.15, 0.2) is 0 Å². The number of nitrogens with zero attached hydrogens (tertiary/aromatic N) is 1. The van der Waals surface area contributed by atoms with E-state index in [9.17, 15) is 4.79 Å². The van der Waals surface area contributed by atoms with E-state index in [1.807, 2.05) is 18.2 Å². The molecule has 19 heavy (non-hydrogen) atoms. The standard InChI is InChI=1S/C15H18N2OS/c18-15(11-5-3-6-11)16-10-4-9-14-17-12-7-1-2-8-13(12)19-14/h1-2,7-8,11H,3-6,9-10H2,(H,16,18). The third kappa shape index (κ3) is 2.95. The maximum atomic E-state index is 11.7. The SMILES string of the molecule is O=C(NCCCc1nc2ccccc2s1)C1CCC1. The zero-order chi connectivity index (χ0) is 13.1. The van der Waals surface area contributed by atoms with E-state index < -0.39 is 0 Å². The second-order valence-electron chi connectivity index (χ2n) is 5.10. The summed E-state index contributed by atoms with van der Waals surface area (Å²) < 4.78 is 1.25. The zero-order valence-electron chi connectivity index (χ0n) is 10.9. The summed E-state index contributed by atoms with van der Waals surface area (Å²) in [6.45, 7) is 0.769. The maximum Gasteiger partial charge on any atom is 0.223 e. The van der Waals surface area contributed by atoms with Crippen LogP contribution in [0, 0.1) is 5.92 Å². The number of carbonyl (C=O) groups excluding carboxylic acids is 1. The summed E-state index contributed by atoms with van der Waals surface area (Å²) in [4.78, 5) is 16.3. The fourth-order valence-electron chi connectivity index (χ4n) is 2.29. The van der Waals surface area contributed by atoms with Crippen molar-refractivity contribution in [3.05, 3.63) is 29.3 Å². The van der Waals surface area contributed by atoms with E-state index in [1.54, 1.807) is 11.3 Å². The number of para-hydroxylation sites is 1. The molecule has 1 saturated carbocycles. The molecule has 4 heteroatoms. The smallest absolute Gasteiger partial charge is 0.223 e. The molecule has 1 aliphatic rings. The minimum absolute atomic E-state index is 0.246. The van der Waals surface area contributed by atoms with E-state index in [1.165, 1.54) is 16.1 Å². The molecule has 0 bridgehead atoms. The highest BCUT2D eigenvalue weighted by Gasteiger charge is 2.24. The molecule has 1 aromatic carbocycles. The molecule has 0 spiro atoms. The normalized spacial score (nSPS) is 15.4. The summed E-state index contributed by atoms with van der Waals surface area (Å²) in [6, 6.07) is 8.22. The van der Waals surface area contributed by atoms with Crippen LogP contribution in [0.4, 0.5) is 0 Å². The number of hydrogen-bond acceptors (Lipinski definition) is 3. The Balaban J connectivity index is 1.45. The molecule has 1 aromatic heterocycles. The molecule has 3 rings (SSSR count). The number of hydrogen-bond donors (Lipinski definition) is 1. The summed E-state index contributed by atoms with van der Waals surface area (Å²) >= 11 is 1.75. The average Bonchev–Trinajstić information content (AvgIpc) is 2.75. The monoisotopic (exact) mass is 274 g/mol. The van der Waals surface area contributed by atoms with Gasteiger partial charge in [-0.15, -0.1) is 11.3 Å². The number of rotatable bonds is 5. The third-order valence-electron chi connectivity index (χ3n) is 3.68.